The van der Waals surface area contributed by atoms with E-state index in [1.165, 1.54) is 12.8 Å². The van der Waals surface area contributed by atoms with Crippen LogP contribution < -0.4 is 11.1 Å². The van der Waals surface area contributed by atoms with Crippen molar-refractivity contribution < 1.29 is 0 Å². The zero-order valence-electron chi connectivity index (χ0n) is 7.80. The average molecular weight is 215 g/mol. The predicted molar refractivity (Wildman–Crippen MR) is 58.4 cm³/mol. The molecule has 2 nitrogen and oxygen atoms in total. The van der Waals surface area contributed by atoms with Gasteiger partial charge in [-0.05, 0) is 45.7 Å². The Morgan fingerprint density at radius 3 is 2.33 bits per heavy atom. The van der Waals surface area contributed by atoms with Crippen LogP contribution >= 0.6 is 24.8 Å². The molecule has 0 unspecified atom stereocenters. The zero-order valence-corrected chi connectivity index (χ0v) is 9.43. The van der Waals surface area contributed by atoms with Gasteiger partial charge in [0.2, 0.25) is 0 Å². The lowest BCUT2D eigenvalue weighted by Gasteiger charge is -2.16. The minimum Gasteiger partial charge on any atom is -0.330 e. The van der Waals surface area contributed by atoms with Crippen molar-refractivity contribution in [1.29, 1.82) is 0 Å². The van der Waals surface area contributed by atoms with Gasteiger partial charge in [-0.15, -0.1) is 24.8 Å². The fourth-order valence-corrected chi connectivity index (χ4v) is 1.73. The summed E-state index contributed by atoms with van der Waals surface area (Å²) in [6.45, 7) is 6.50. The van der Waals surface area contributed by atoms with Gasteiger partial charge >= 0.3 is 0 Å². The van der Waals surface area contributed by atoms with Crippen LogP contribution in [-0.2, 0) is 0 Å². The molecule has 1 rings (SSSR count). The van der Waals surface area contributed by atoms with Crippen LogP contribution in [0.2, 0.25) is 0 Å². The minimum absolute atomic E-state index is 0. The second-order valence-electron chi connectivity index (χ2n) is 3.91. The third kappa shape index (κ3) is 4.51. The van der Waals surface area contributed by atoms with Crippen LogP contribution in [0.5, 0.6) is 0 Å². The number of nitrogens with one attached hydrogen (secondary N) is 1. The van der Waals surface area contributed by atoms with E-state index in [1.54, 1.807) is 0 Å². The van der Waals surface area contributed by atoms with Crippen molar-refractivity contribution in [1.82, 2.24) is 5.32 Å². The molecule has 0 amide bonds. The second kappa shape index (κ2) is 6.03. The molecule has 1 fully saturated rings. The molecule has 0 radical (unpaired) electrons. The maximum Gasteiger partial charge on any atom is 0.0128 e. The van der Waals surface area contributed by atoms with Crippen LogP contribution in [0, 0.1) is 5.92 Å². The molecule has 0 bridgehead atoms. The SMILES string of the molecule is CC1(C)C[C@H](CCN)CN1.Cl.Cl. The van der Waals surface area contributed by atoms with E-state index >= 15 is 0 Å². The summed E-state index contributed by atoms with van der Waals surface area (Å²) >= 11 is 0. The van der Waals surface area contributed by atoms with Gasteiger partial charge in [-0.3, -0.25) is 0 Å². The molecule has 0 aliphatic carbocycles. The van der Waals surface area contributed by atoms with Gasteiger partial charge in [0.25, 0.3) is 0 Å². The Kier molecular flexibility index (Phi) is 7.54. The van der Waals surface area contributed by atoms with Crippen molar-refractivity contribution in [2.45, 2.75) is 32.2 Å². The maximum atomic E-state index is 5.47. The molecule has 1 heterocycles. The lowest BCUT2D eigenvalue weighted by Crippen LogP contribution is -2.31. The monoisotopic (exact) mass is 214 g/mol. The summed E-state index contributed by atoms with van der Waals surface area (Å²) < 4.78 is 0. The van der Waals surface area contributed by atoms with Crippen LogP contribution in [0.4, 0.5) is 0 Å². The molecule has 1 saturated heterocycles. The molecule has 0 spiro atoms. The fraction of sp³-hybridized carbons (Fsp3) is 1.00. The van der Waals surface area contributed by atoms with E-state index in [-0.39, 0.29) is 24.8 Å². The lowest BCUT2D eigenvalue weighted by molar-refractivity contribution is 0.435. The topological polar surface area (TPSA) is 38.0 Å². The summed E-state index contributed by atoms with van der Waals surface area (Å²) in [4.78, 5) is 0. The minimum atomic E-state index is 0. The molecule has 0 aromatic heterocycles. The van der Waals surface area contributed by atoms with Crippen LogP contribution in [0.15, 0.2) is 0 Å². The highest BCUT2D eigenvalue weighted by Crippen LogP contribution is 2.24. The van der Waals surface area contributed by atoms with Crippen LogP contribution in [0.3, 0.4) is 0 Å². The van der Waals surface area contributed by atoms with E-state index < -0.39 is 0 Å². The van der Waals surface area contributed by atoms with E-state index in [4.69, 9.17) is 5.73 Å². The molecular formula is C8H20Cl2N2. The first-order chi connectivity index (χ1) is 4.64. The van der Waals surface area contributed by atoms with Gasteiger partial charge < -0.3 is 11.1 Å². The smallest absolute Gasteiger partial charge is 0.0128 e. The Hall–Kier alpha value is 0.500. The van der Waals surface area contributed by atoms with E-state index in [2.05, 4.69) is 19.2 Å². The first-order valence-corrected chi connectivity index (χ1v) is 4.09. The first kappa shape index (κ1) is 15.0. The molecule has 12 heavy (non-hydrogen) atoms. The Morgan fingerprint density at radius 2 is 2.00 bits per heavy atom. The molecule has 0 aromatic rings. The van der Waals surface area contributed by atoms with Crippen molar-refractivity contribution >= 4 is 24.8 Å². The second-order valence-corrected chi connectivity index (χ2v) is 3.91. The predicted octanol–water partition coefficient (Wildman–Crippen LogP) is 1.57. The molecule has 0 saturated carbocycles. The summed E-state index contributed by atoms with van der Waals surface area (Å²) in [6, 6.07) is 0. The van der Waals surface area contributed by atoms with Crippen molar-refractivity contribution in [2.75, 3.05) is 13.1 Å². The third-order valence-electron chi connectivity index (χ3n) is 2.24. The largest absolute Gasteiger partial charge is 0.330 e. The number of rotatable bonds is 2. The van der Waals surface area contributed by atoms with E-state index in [0.717, 1.165) is 19.0 Å². The molecule has 1 aliphatic rings. The fourth-order valence-electron chi connectivity index (χ4n) is 1.73. The van der Waals surface area contributed by atoms with Crippen molar-refractivity contribution in [3.63, 3.8) is 0 Å². The highest BCUT2D eigenvalue weighted by Gasteiger charge is 2.29. The van der Waals surface area contributed by atoms with Gasteiger partial charge in [0.15, 0.2) is 0 Å². The third-order valence-corrected chi connectivity index (χ3v) is 2.24. The van der Waals surface area contributed by atoms with Crippen molar-refractivity contribution in [3.8, 4) is 0 Å². The summed E-state index contributed by atoms with van der Waals surface area (Å²) in [6.07, 6.45) is 2.46. The van der Waals surface area contributed by atoms with E-state index in [9.17, 15) is 0 Å². The summed E-state index contributed by atoms with van der Waals surface area (Å²) in [5.74, 6) is 0.819. The quantitative estimate of drug-likeness (QED) is 0.733. The molecule has 3 N–H and O–H groups in total. The van der Waals surface area contributed by atoms with E-state index in [0.29, 0.717) is 5.54 Å². The molecular weight excluding hydrogens is 195 g/mol. The molecule has 1 atom stereocenters. The van der Waals surface area contributed by atoms with Crippen LogP contribution in [0.1, 0.15) is 26.7 Å². The van der Waals surface area contributed by atoms with Gasteiger partial charge in [-0.25, -0.2) is 0 Å². The van der Waals surface area contributed by atoms with Gasteiger partial charge in [0.1, 0.15) is 0 Å². The molecule has 4 heteroatoms. The maximum absolute atomic E-state index is 5.47. The van der Waals surface area contributed by atoms with Gasteiger partial charge in [0, 0.05) is 5.54 Å². The van der Waals surface area contributed by atoms with Crippen molar-refractivity contribution in [3.05, 3.63) is 0 Å². The lowest BCUT2D eigenvalue weighted by atomic mass is 9.95. The van der Waals surface area contributed by atoms with Gasteiger partial charge in [-0.2, -0.15) is 0 Å². The Balaban J connectivity index is 0. The number of nitrogens with two attached hydrogens (primary N) is 1. The first-order valence-electron chi connectivity index (χ1n) is 4.09. The Morgan fingerprint density at radius 1 is 1.42 bits per heavy atom. The normalized spacial score (nSPS) is 25.8. The summed E-state index contributed by atoms with van der Waals surface area (Å²) in [5.41, 5.74) is 5.83. The Labute approximate surface area is 87.5 Å². The molecule has 76 valence electrons. The number of hydrogen-bond donors (Lipinski definition) is 2. The Bertz CT molecular complexity index is 118. The van der Waals surface area contributed by atoms with E-state index in [1.807, 2.05) is 0 Å². The highest BCUT2D eigenvalue weighted by molar-refractivity contribution is 5.85. The summed E-state index contributed by atoms with van der Waals surface area (Å²) in [5, 5.41) is 3.48. The van der Waals surface area contributed by atoms with Crippen molar-refractivity contribution in [2.24, 2.45) is 11.7 Å². The zero-order chi connectivity index (χ0) is 7.61. The highest BCUT2D eigenvalue weighted by atomic mass is 35.5. The molecule has 0 aromatic carbocycles. The number of halogens is 2. The summed E-state index contributed by atoms with van der Waals surface area (Å²) in [7, 11) is 0. The molecule has 1 aliphatic heterocycles. The van der Waals surface area contributed by atoms with Crippen LogP contribution in [0.25, 0.3) is 0 Å². The number of hydrogen-bond acceptors (Lipinski definition) is 2. The van der Waals surface area contributed by atoms with Crippen LogP contribution in [-0.4, -0.2) is 18.6 Å². The van der Waals surface area contributed by atoms with Gasteiger partial charge in [0.05, 0.1) is 0 Å². The standard InChI is InChI=1S/C8H18N2.2ClH/c1-8(2)5-7(3-4-9)6-10-8;;/h7,10H,3-6,9H2,1-2H3;2*1H/t7-;;/m0../s1. The average Bonchev–Trinajstić information content (AvgIpc) is 2.12. The van der Waals surface area contributed by atoms with Gasteiger partial charge in [-0.1, -0.05) is 0 Å².